The van der Waals surface area contributed by atoms with E-state index in [9.17, 15) is 0 Å². The smallest absolute Gasteiger partial charge is 0.0509 e. The topological polar surface area (TPSA) is 29.3 Å². The summed E-state index contributed by atoms with van der Waals surface area (Å²) in [6.45, 7) is 10.2. The summed E-state index contributed by atoms with van der Waals surface area (Å²) in [5.41, 5.74) is 7.49. The minimum atomic E-state index is -0.243. The van der Waals surface area contributed by atoms with E-state index in [1.54, 1.807) is 0 Å². The van der Waals surface area contributed by atoms with E-state index in [-0.39, 0.29) is 5.54 Å². The molecular formula is C16H26N2. The zero-order valence-corrected chi connectivity index (χ0v) is 11.9. The van der Waals surface area contributed by atoms with Crippen molar-refractivity contribution in [1.29, 1.82) is 0 Å². The molecule has 1 aliphatic heterocycles. The maximum absolute atomic E-state index is 6.50. The Balaban J connectivity index is 1.97. The fourth-order valence-electron chi connectivity index (χ4n) is 2.93. The van der Waals surface area contributed by atoms with Crippen molar-refractivity contribution >= 4 is 0 Å². The zero-order chi connectivity index (χ0) is 13.2. The predicted octanol–water partition coefficient (Wildman–Crippen LogP) is 2.84. The molecule has 1 aromatic rings. The first kappa shape index (κ1) is 13.6. The molecule has 0 spiro atoms. The Bertz CT molecular complexity index is 370. The molecule has 1 aliphatic rings. The second-order valence-electron chi connectivity index (χ2n) is 6.31. The van der Waals surface area contributed by atoms with Crippen LogP contribution in [0.25, 0.3) is 0 Å². The van der Waals surface area contributed by atoms with E-state index < -0.39 is 0 Å². The minimum absolute atomic E-state index is 0.243. The number of nitrogens with two attached hydrogens (primary N) is 1. The van der Waals surface area contributed by atoms with Crippen LogP contribution in [0.15, 0.2) is 30.3 Å². The molecule has 1 aromatic carbocycles. The number of hydrogen-bond donors (Lipinski definition) is 1. The lowest BCUT2D eigenvalue weighted by Crippen LogP contribution is -2.44. The van der Waals surface area contributed by atoms with Crippen molar-refractivity contribution in [2.45, 2.75) is 32.7 Å². The van der Waals surface area contributed by atoms with Crippen LogP contribution < -0.4 is 5.73 Å². The highest BCUT2D eigenvalue weighted by Crippen LogP contribution is 2.27. The van der Waals surface area contributed by atoms with Gasteiger partial charge in [-0.15, -0.1) is 0 Å². The Morgan fingerprint density at radius 3 is 2.56 bits per heavy atom. The molecule has 2 unspecified atom stereocenters. The lowest BCUT2D eigenvalue weighted by molar-refractivity contribution is 0.243. The highest BCUT2D eigenvalue weighted by Gasteiger charge is 2.30. The third kappa shape index (κ3) is 3.12. The average Bonchev–Trinajstić information content (AvgIpc) is 2.78. The highest BCUT2D eigenvalue weighted by atomic mass is 15.2. The molecule has 1 heterocycles. The van der Waals surface area contributed by atoms with Gasteiger partial charge in [-0.25, -0.2) is 0 Å². The molecule has 1 saturated heterocycles. The number of hydrogen-bond acceptors (Lipinski definition) is 2. The van der Waals surface area contributed by atoms with E-state index >= 15 is 0 Å². The first-order valence-corrected chi connectivity index (χ1v) is 7.06. The summed E-state index contributed by atoms with van der Waals surface area (Å²) in [6.07, 6.45) is 1.32. The van der Waals surface area contributed by atoms with Gasteiger partial charge in [-0.05, 0) is 37.3 Å². The summed E-state index contributed by atoms with van der Waals surface area (Å²) in [6, 6.07) is 10.5. The highest BCUT2D eigenvalue weighted by molar-refractivity contribution is 5.23. The van der Waals surface area contributed by atoms with Crippen LogP contribution in [0.5, 0.6) is 0 Å². The molecule has 2 rings (SSSR count). The van der Waals surface area contributed by atoms with Crippen LogP contribution >= 0.6 is 0 Å². The number of benzene rings is 1. The van der Waals surface area contributed by atoms with Crippen molar-refractivity contribution < 1.29 is 0 Å². The third-order valence-electron chi connectivity index (χ3n) is 4.24. The number of rotatable bonds is 4. The van der Waals surface area contributed by atoms with Crippen LogP contribution in [0.2, 0.25) is 0 Å². The molecule has 18 heavy (non-hydrogen) atoms. The molecule has 0 bridgehead atoms. The van der Waals surface area contributed by atoms with Gasteiger partial charge < -0.3 is 10.6 Å². The van der Waals surface area contributed by atoms with Crippen molar-refractivity contribution in [2.24, 2.45) is 17.6 Å². The van der Waals surface area contributed by atoms with Gasteiger partial charge in [0, 0.05) is 13.1 Å². The van der Waals surface area contributed by atoms with Gasteiger partial charge in [0.2, 0.25) is 0 Å². The van der Waals surface area contributed by atoms with E-state index in [0.29, 0.717) is 0 Å². The van der Waals surface area contributed by atoms with E-state index in [1.807, 2.05) is 6.07 Å². The Morgan fingerprint density at radius 1 is 1.33 bits per heavy atom. The maximum atomic E-state index is 6.50. The second-order valence-corrected chi connectivity index (χ2v) is 6.31. The average molecular weight is 246 g/mol. The van der Waals surface area contributed by atoms with Crippen LogP contribution in [0, 0.1) is 11.8 Å². The molecule has 1 fully saturated rings. The minimum Gasteiger partial charge on any atom is -0.321 e. The summed E-state index contributed by atoms with van der Waals surface area (Å²) >= 11 is 0. The van der Waals surface area contributed by atoms with E-state index in [1.165, 1.54) is 25.1 Å². The third-order valence-corrected chi connectivity index (χ3v) is 4.24. The lowest BCUT2D eigenvalue weighted by atomic mass is 9.92. The van der Waals surface area contributed by atoms with Crippen molar-refractivity contribution in [1.82, 2.24) is 4.90 Å². The molecular weight excluding hydrogens is 220 g/mol. The van der Waals surface area contributed by atoms with Gasteiger partial charge in [-0.3, -0.25) is 0 Å². The summed E-state index contributed by atoms with van der Waals surface area (Å²) in [4.78, 5) is 2.53. The van der Waals surface area contributed by atoms with Gasteiger partial charge >= 0.3 is 0 Å². The summed E-state index contributed by atoms with van der Waals surface area (Å²) in [5.74, 6) is 1.63. The van der Waals surface area contributed by atoms with Crippen LogP contribution in [-0.2, 0) is 5.54 Å². The Kier molecular flexibility index (Phi) is 4.08. The molecule has 0 radical (unpaired) electrons. The Hall–Kier alpha value is -0.860. The first-order chi connectivity index (χ1) is 8.49. The number of likely N-dealkylation sites (tertiary alicyclic amines) is 1. The van der Waals surface area contributed by atoms with Crippen LogP contribution in [0.1, 0.15) is 32.8 Å². The monoisotopic (exact) mass is 246 g/mol. The normalized spacial score (nSPS) is 24.4. The molecule has 2 nitrogen and oxygen atoms in total. The molecule has 2 atom stereocenters. The second kappa shape index (κ2) is 5.41. The predicted molar refractivity (Wildman–Crippen MR) is 77.4 cm³/mol. The Labute approximate surface area is 111 Å². The van der Waals surface area contributed by atoms with Gasteiger partial charge in [-0.1, -0.05) is 44.2 Å². The summed E-state index contributed by atoms with van der Waals surface area (Å²) in [5, 5.41) is 0. The summed E-state index contributed by atoms with van der Waals surface area (Å²) in [7, 11) is 0. The molecule has 0 amide bonds. The Morgan fingerprint density at radius 2 is 2.00 bits per heavy atom. The zero-order valence-electron chi connectivity index (χ0n) is 11.9. The summed E-state index contributed by atoms with van der Waals surface area (Å²) < 4.78 is 0. The molecule has 0 saturated carbocycles. The largest absolute Gasteiger partial charge is 0.321 e. The standard InChI is InChI=1S/C16H26N2/c1-13(2)14-9-10-18(11-14)12-16(3,17)15-7-5-4-6-8-15/h4-8,13-14H,9-12,17H2,1-3H3. The van der Waals surface area contributed by atoms with Crippen molar-refractivity contribution in [2.75, 3.05) is 19.6 Å². The van der Waals surface area contributed by atoms with Gasteiger partial charge in [0.15, 0.2) is 0 Å². The number of nitrogens with zero attached hydrogens (tertiary/aromatic N) is 1. The van der Waals surface area contributed by atoms with Crippen molar-refractivity contribution in [3.05, 3.63) is 35.9 Å². The molecule has 0 aromatic heterocycles. The maximum Gasteiger partial charge on any atom is 0.0509 e. The quantitative estimate of drug-likeness (QED) is 0.885. The molecule has 2 N–H and O–H groups in total. The van der Waals surface area contributed by atoms with Gasteiger partial charge in [-0.2, -0.15) is 0 Å². The van der Waals surface area contributed by atoms with E-state index in [0.717, 1.165) is 18.4 Å². The van der Waals surface area contributed by atoms with Gasteiger partial charge in [0.05, 0.1) is 5.54 Å². The van der Waals surface area contributed by atoms with Crippen molar-refractivity contribution in [3.63, 3.8) is 0 Å². The van der Waals surface area contributed by atoms with Crippen molar-refractivity contribution in [3.8, 4) is 0 Å². The molecule has 0 aliphatic carbocycles. The SMILES string of the molecule is CC(C)C1CCN(CC(C)(N)c2ccccc2)C1. The lowest BCUT2D eigenvalue weighted by Gasteiger charge is -2.31. The van der Waals surface area contributed by atoms with Crippen LogP contribution in [0.4, 0.5) is 0 Å². The fraction of sp³-hybridized carbons (Fsp3) is 0.625. The molecule has 2 heteroatoms. The van der Waals surface area contributed by atoms with Gasteiger partial charge in [0.1, 0.15) is 0 Å². The first-order valence-electron chi connectivity index (χ1n) is 7.06. The van der Waals surface area contributed by atoms with Crippen LogP contribution in [-0.4, -0.2) is 24.5 Å². The molecule has 100 valence electrons. The van der Waals surface area contributed by atoms with Gasteiger partial charge in [0.25, 0.3) is 0 Å². The van der Waals surface area contributed by atoms with Crippen LogP contribution in [0.3, 0.4) is 0 Å². The van der Waals surface area contributed by atoms with E-state index in [2.05, 4.69) is 49.9 Å². The fourth-order valence-corrected chi connectivity index (χ4v) is 2.93. The van der Waals surface area contributed by atoms with E-state index in [4.69, 9.17) is 5.73 Å².